The first-order valence-corrected chi connectivity index (χ1v) is 9.49. The van der Waals surface area contributed by atoms with Crippen molar-refractivity contribution < 1.29 is 19.0 Å². The highest BCUT2D eigenvalue weighted by molar-refractivity contribution is 6.32. The summed E-state index contributed by atoms with van der Waals surface area (Å²) in [6.07, 6.45) is 3.56. The molecule has 0 spiro atoms. The summed E-state index contributed by atoms with van der Waals surface area (Å²) in [6.45, 7) is 4.64. The normalized spacial score (nSPS) is 14.8. The number of halogens is 1. The third-order valence-electron chi connectivity index (χ3n) is 4.22. The lowest BCUT2D eigenvalue weighted by molar-refractivity contribution is -0.129. The molecule has 0 aromatic heterocycles. The second kappa shape index (κ2) is 8.93. The molecule has 0 atom stereocenters. The molecule has 146 valence electrons. The van der Waals surface area contributed by atoms with Gasteiger partial charge in [-0.05, 0) is 49.2 Å². The number of cyclic esters (lactones) is 1. The molecule has 3 rings (SSSR count). The fraction of sp³-hybridized carbons (Fsp3) is 0.273. The smallest absolute Gasteiger partial charge is 0.363 e. The van der Waals surface area contributed by atoms with Crippen LogP contribution in [-0.2, 0) is 9.53 Å². The van der Waals surface area contributed by atoms with Crippen LogP contribution in [0.25, 0.3) is 6.08 Å². The minimum atomic E-state index is -0.506. The summed E-state index contributed by atoms with van der Waals surface area (Å²) in [5.74, 6) is 0.782. The molecule has 0 saturated carbocycles. The monoisotopic (exact) mass is 399 g/mol. The maximum absolute atomic E-state index is 12.2. The van der Waals surface area contributed by atoms with E-state index < -0.39 is 5.97 Å². The van der Waals surface area contributed by atoms with Gasteiger partial charge in [0.2, 0.25) is 5.90 Å². The fourth-order valence-corrected chi connectivity index (χ4v) is 2.94. The van der Waals surface area contributed by atoms with Gasteiger partial charge in [0.1, 0.15) is 0 Å². The minimum Gasteiger partial charge on any atom is -0.493 e. The number of methoxy groups -OCH3 is 1. The third-order valence-corrected chi connectivity index (χ3v) is 4.50. The molecule has 6 heteroatoms. The molecular weight excluding hydrogens is 378 g/mol. The number of aliphatic imine (C=N–C) groups is 1. The van der Waals surface area contributed by atoms with Crippen molar-refractivity contribution in [2.45, 2.75) is 26.7 Å². The van der Waals surface area contributed by atoms with Crippen LogP contribution in [0.5, 0.6) is 11.5 Å². The van der Waals surface area contributed by atoms with Gasteiger partial charge in [0, 0.05) is 5.56 Å². The maximum Gasteiger partial charge on any atom is 0.363 e. The zero-order chi connectivity index (χ0) is 20.1. The molecule has 1 aliphatic rings. The van der Waals surface area contributed by atoms with Crippen LogP contribution in [0.2, 0.25) is 5.02 Å². The van der Waals surface area contributed by atoms with Gasteiger partial charge in [-0.1, -0.05) is 42.6 Å². The van der Waals surface area contributed by atoms with Crippen molar-refractivity contribution in [2.75, 3.05) is 13.7 Å². The van der Waals surface area contributed by atoms with E-state index in [-0.39, 0.29) is 11.6 Å². The number of hydrogen-bond acceptors (Lipinski definition) is 5. The molecule has 0 amide bonds. The molecule has 0 N–H and O–H groups in total. The maximum atomic E-state index is 12.2. The van der Waals surface area contributed by atoms with Crippen LogP contribution in [-0.4, -0.2) is 25.6 Å². The van der Waals surface area contributed by atoms with Crippen molar-refractivity contribution in [1.29, 1.82) is 0 Å². The van der Waals surface area contributed by atoms with Gasteiger partial charge in [0.05, 0.1) is 18.7 Å². The van der Waals surface area contributed by atoms with Crippen LogP contribution >= 0.6 is 11.6 Å². The first-order chi connectivity index (χ1) is 13.5. The summed E-state index contributed by atoms with van der Waals surface area (Å²) in [7, 11) is 1.55. The van der Waals surface area contributed by atoms with E-state index in [1.165, 1.54) is 0 Å². The third kappa shape index (κ3) is 4.54. The lowest BCUT2D eigenvalue weighted by atomic mass is 10.1. The average Bonchev–Trinajstić information content (AvgIpc) is 3.04. The van der Waals surface area contributed by atoms with Gasteiger partial charge in [-0.2, -0.15) is 0 Å². The number of rotatable bonds is 7. The van der Waals surface area contributed by atoms with Gasteiger partial charge < -0.3 is 14.2 Å². The Morgan fingerprint density at radius 3 is 2.64 bits per heavy atom. The Bertz CT molecular complexity index is 932. The molecule has 1 heterocycles. The number of carbonyl (C=O) groups excluding carboxylic acids is 1. The van der Waals surface area contributed by atoms with Gasteiger partial charge in [-0.15, -0.1) is 0 Å². The van der Waals surface area contributed by atoms with Crippen molar-refractivity contribution in [2.24, 2.45) is 4.99 Å². The van der Waals surface area contributed by atoms with E-state index in [1.54, 1.807) is 25.3 Å². The SMILES string of the molecule is CCCCOc1c(Cl)cc(/C=C2\N=C(c3ccc(C)cc3)OC2=O)cc1OC. The lowest BCUT2D eigenvalue weighted by Crippen LogP contribution is -2.05. The lowest BCUT2D eigenvalue weighted by Gasteiger charge is -2.13. The highest BCUT2D eigenvalue weighted by Crippen LogP contribution is 2.37. The zero-order valence-electron chi connectivity index (χ0n) is 16.1. The van der Waals surface area contributed by atoms with Gasteiger partial charge in [-0.25, -0.2) is 9.79 Å². The molecule has 1 aliphatic heterocycles. The summed E-state index contributed by atoms with van der Waals surface area (Å²) in [4.78, 5) is 16.5. The molecule has 0 unspecified atom stereocenters. The first kappa shape index (κ1) is 20.0. The quantitative estimate of drug-likeness (QED) is 0.365. The Hall–Kier alpha value is -2.79. The van der Waals surface area contributed by atoms with E-state index in [0.717, 1.165) is 24.0 Å². The number of unbranched alkanes of at least 4 members (excludes halogenated alkanes) is 1. The van der Waals surface area contributed by atoms with Gasteiger partial charge in [0.25, 0.3) is 0 Å². The second-order valence-electron chi connectivity index (χ2n) is 6.44. The molecule has 0 aliphatic carbocycles. The van der Waals surface area contributed by atoms with Crippen molar-refractivity contribution >= 4 is 29.5 Å². The summed E-state index contributed by atoms with van der Waals surface area (Å²) in [6, 6.07) is 11.1. The predicted molar refractivity (Wildman–Crippen MR) is 110 cm³/mol. The van der Waals surface area contributed by atoms with E-state index in [1.807, 2.05) is 31.2 Å². The van der Waals surface area contributed by atoms with Crippen LogP contribution < -0.4 is 9.47 Å². The number of aryl methyl sites for hydroxylation is 1. The van der Waals surface area contributed by atoms with Crippen LogP contribution in [0.4, 0.5) is 0 Å². The summed E-state index contributed by atoms with van der Waals surface area (Å²) >= 11 is 6.37. The Labute approximate surface area is 169 Å². The molecule has 5 nitrogen and oxygen atoms in total. The predicted octanol–water partition coefficient (Wildman–Crippen LogP) is 5.18. The van der Waals surface area contributed by atoms with Crippen molar-refractivity contribution in [3.8, 4) is 11.5 Å². The van der Waals surface area contributed by atoms with Crippen molar-refractivity contribution in [3.05, 3.63) is 63.8 Å². The minimum absolute atomic E-state index is 0.202. The van der Waals surface area contributed by atoms with Crippen molar-refractivity contribution in [3.63, 3.8) is 0 Å². The number of esters is 1. The standard InChI is InChI=1S/C22H22ClNO4/c1-4-5-10-27-20-17(23)11-15(13-19(20)26-3)12-18-22(25)28-21(24-18)16-8-6-14(2)7-9-16/h6-9,11-13H,4-5,10H2,1-3H3/b18-12-. The summed E-state index contributed by atoms with van der Waals surface area (Å²) < 4.78 is 16.4. The number of carbonyl (C=O) groups is 1. The molecule has 0 radical (unpaired) electrons. The molecule has 28 heavy (non-hydrogen) atoms. The summed E-state index contributed by atoms with van der Waals surface area (Å²) in [5, 5.41) is 0.413. The molecular formula is C22H22ClNO4. The second-order valence-corrected chi connectivity index (χ2v) is 6.85. The molecule has 0 bridgehead atoms. The van der Waals surface area contributed by atoms with Gasteiger partial charge in [0.15, 0.2) is 17.2 Å². The first-order valence-electron chi connectivity index (χ1n) is 9.11. The fourth-order valence-electron chi connectivity index (χ4n) is 2.67. The Morgan fingerprint density at radius 1 is 1.21 bits per heavy atom. The molecule has 0 fully saturated rings. The Morgan fingerprint density at radius 2 is 1.96 bits per heavy atom. The number of ether oxygens (including phenoxy) is 3. The van der Waals surface area contributed by atoms with Crippen molar-refractivity contribution in [1.82, 2.24) is 0 Å². The number of hydrogen-bond donors (Lipinski definition) is 0. The number of nitrogens with zero attached hydrogens (tertiary/aromatic N) is 1. The molecule has 2 aromatic rings. The Kier molecular flexibility index (Phi) is 6.37. The zero-order valence-corrected chi connectivity index (χ0v) is 16.9. The molecule has 2 aromatic carbocycles. The summed E-state index contributed by atoms with van der Waals surface area (Å²) in [5.41, 5.74) is 2.74. The topological polar surface area (TPSA) is 57.1 Å². The molecule has 0 saturated heterocycles. The highest BCUT2D eigenvalue weighted by atomic mass is 35.5. The van der Waals surface area contributed by atoms with Crippen LogP contribution in [0.15, 0.2) is 47.1 Å². The van der Waals surface area contributed by atoms with Crippen LogP contribution in [0, 0.1) is 6.92 Å². The average molecular weight is 400 g/mol. The van der Waals surface area contributed by atoms with E-state index in [0.29, 0.717) is 28.7 Å². The van der Waals surface area contributed by atoms with E-state index in [9.17, 15) is 4.79 Å². The van der Waals surface area contributed by atoms with Gasteiger partial charge >= 0.3 is 5.97 Å². The van der Waals surface area contributed by atoms with Gasteiger partial charge in [-0.3, -0.25) is 0 Å². The van der Waals surface area contributed by atoms with Crippen LogP contribution in [0.1, 0.15) is 36.5 Å². The Balaban J connectivity index is 1.88. The van der Waals surface area contributed by atoms with E-state index in [2.05, 4.69) is 11.9 Å². The highest BCUT2D eigenvalue weighted by Gasteiger charge is 2.24. The largest absolute Gasteiger partial charge is 0.493 e. The number of benzene rings is 2. The van der Waals surface area contributed by atoms with Crippen LogP contribution in [0.3, 0.4) is 0 Å². The van der Waals surface area contributed by atoms with E-state index in [4.69, 9.17) is 25.8 Å². The van der Waals surface area contributed by atoms with E-state index >= 15 is 0 Å².